The Kier molecular flexibility index (Phi) is 6.01. The van der Waals surface area contributed by atoms with Crippen molar-refractivity contribution in [2.75, 3.05) is 5.32 Å². The summed E-state index contributed by atoms with van der Waals surface area (Å²) in [6, 6.07) is 15.2. The molecule has 0 aliphatic carbocycles. The summed E-state index contributed by atoms with van der Waals surface area (Å²) < 4.78 is 0. The summed E-state index contributed by atoms with van der Waals surface area (Å²) in [6.07, 6.45) is 0. The minimum absolute atomic E-state index is 0.0241. The summed E-state index contributed by atoms with van der Waals surface area (Å²) in [7, 11) is 0. The van der Waals surface area contributed by atoms with Crippen LogP contribution in [0.4, 0.5) is 11.4 Å². The second kappa shape index (κ2) is 7.99. The topological polar surface area (TPSA) is 72.2 Å². The number of rotatable bonds is 6. The Balaban J connectivity index is 2.07. The number of non-ortho nitro benzene ring substituents is 1. The summed E-state index contributed by atoms with van der Waals surface area (Å²) in [5, 5.41) is 12.5. The molecule has 2 aromatic carbocycles. The molecule has 0 aliphatic heterocycles. The molecule has 2 rings (SSSR count). The van der Waals surface area contributed by atoms with Crippen molar-refractivity contribution in [1.82, 2.24) is 0 Å². The summed E-state index contributed by atoms with van der Waals surface area (Å²) in [5.74, 6) is -0.241. The first kappa shape index (κ1) is 17.3. The molecule has 120 valence electrons. The van der Waals surface area contributed by atoms with E-state index in [0.717, 1.165) is 4.90 Å². The molecule has 0 bridgehead atoms. The van der Waals surface area contributed by atoms with Crippen molar-refractivity contribution in [3.8, 4) is 0 Å². The Morgan fingerprint density at radius 1 is 1.17 bits per heavy atom. The van der Waals surface area contributed by atoms with Gasteiger partial charge in [-0.3, -0.25) is 14.9 Å². The van der Waals surface area contributed by atoms with E-state index in [0.29, 0.717) is 5.69 Å². The lowest BCUT2D eigenvalue weighted by Gasteiger charge is -2.18. The van der Waals surface area contributed by atoms with Gasteiger partial charge in [0.25, 0.3) is 5.69 Å². The molecule has 2 atom stereocenters. The molecule has 0 aliphatic rings. The number of amides is 1. The fourth-order valence-electron chi connectivity index (χ4n) is 1.88. The van der Waals surface area contributed by atoms with Crippen LogP contribution in [0, 0.1) is 10.1 Å². The van der Waals surface area contributed by atoms with Gasteiger partial charge in [0.15, 0.2) is 0 Å². The number of alkyl halides is 1. The first-order chi connectivity index (χ1) is 11.0. The van der Waals surface area contributed by atoms with E-state index >= 15 is 0 Å². The smallest absolute Gasteiger partial charge is 0.269 e. The van der Waals surface area contributed by atoms with Crippen LogP contribution in [-0.2, 0) is 4.79 Å². The molecule has 0 radical (unpaired) electrons. The van der Waals surface area contributed by atoms with Gasteiger partial charge in [0.2, 0.25) is 5.91 Å². The van der Waals surface area contributed by atoms with Gasteiger partial charge in [-0.05, 0) is 31.2 Å². The van der Waals surface area contributed by atoms with Crippen molar-refractivity contribution in [3.05, 3.63) is 64.7 Å². The van der Waals surface area contributed by atoms with E-state index in [9.17, 15) is 14.9 Å². The van der Waals surface area contributed by atoms with E-state index in [4.69, 9.17) is 11.6 Å². The van der Waals surface area contributed by atoms with Gasteiger partial charge in [-0.1, -0.05) is 18.2 Å². The molecular formula is C16H15ClN2O3S. The molecule has 1 N–H and O–H groups in total. The number of carbonyl (C=O) groups is 1. The Bertz CT molecular complexity index is 677. The number of thioether (sulfide) groups is 1. The highest BCUT2D eigenvalue weighted by atomic mass is 35.5. The Labute approximate surface area is 143 Å². The number of hydrogen-bond donors (Lipinski definition) is 1. The minimum Gasteiger partial charge on any atom is -0.325 e. The van der Waals surface area contributed by atoms with Gasteiger partial charge in [-0.15, -0.1) is 23.4 Å². The average Bonchev–Trinajstić information content (AvgIpc) is 2.53. The first-order valence-corrected chi connectivity index (χ1v) is 8.20. The highest BCUT2D eigenvalue weighted by molar-refractivity contribution is 8.00. The lowest BCUT2D eigenvalue weighted by atomic mass is 10.2. The first-order valence-electron chi connectivity index (χ1n) is 6.88. The maximum atomic E-state index is 12.4. The molecule has 1 amide bonds. The van der Waals surface area contributed by atoms with Gasteiger partial charge < -0.3 is 5.32 Å². The maximum Gasteiger partial charge on any atom is 0.269 e. The molecule has 0 fully saturated rings. The number of halogens is 1. The van der Waals surface area contributed by atoms with Crippen molar-refractivity contribution in [3.63, 3.8) is 0 Å². The van der Waals surface area contributed by atoms with E-state index in [2.05, 4.69) is 5.32 Å². The van der Waals surface area contributed by atoms with Gasteiger partial charge in [0, 0.05) is 22.7 Å². The Morgan fingerprint density at radius 3 is 2.30 bits per heavy atom. The van der Waals surface area contributed by atoms with Crippen molar-refractivity contribution >= 4 is 40.6 Å². The number of benzene rings is 2. The number of hydrogen-bond acceptors (Lipinski definition) is 4. The number of nitrogens with one attached hydrogen (secondary N) is 1. The molecule has 2 aromatic rings. The second-order valence-corrected chi connectivity index (χ2v) is 6.73. The van der Waals surface area contributed by atoms with Crippen molar-refractivity contribution in [2.45, 2.75) is 22.4 Å². The molecule has 0 spiro atoms. The van der Waals surface area contributed by atoms with Crippen LogP contribution in [0.3, 0.4) is 0 Å². The van der Waals surface area contributed by atoms with Crippen molar-refractivity contribution in [2.24, 2.45) is 0 Å². The standard InChI is InChI=1S/C16H15ClN2O3S/c1-11(17)15(23-14-5-3-2-4-6-14)16(20)18-12-7-9-13(10-8-12)19(21)22/h2-11,15H,1H3,(H,18,20)/t11-,15+/m0/s1. The third kappa shape index (κ3) is 4.97. The Hall–Kier alpha value is -2.05. The van der Waals surface area contributed by atoms with Crippen LogP contribution < -0.4 is 5.32 Å². The lowest BCUT2D eigenvalue weighted by Crippen LogP contribution is -2.31. The second-order valence-electron chi connectivity index (χ2n) is 4.82. The van der Waals surface area contributed by atoms with Gasteiger partial charge in [0.05, 0.1) is 10.3 Å². The number of nitro benzene ring substituents is 1. The fourth-order valence-corrected chi connectivity index (χ4v) is 3.11. The number of anilines is 1. The van der Waals surface area contributed by atoms with Crippen molar-refractivity contribution < 1.29 is 9.72 Å². The zero-order valence-corrected chi connectivity index (χ0v) is 13.9. The van der Waals surface area contributed by atoms with E-state index in [1.54, 1.807) is 6.92 Å². The van der Waals surface area contributed by atoms with Gasteiger partial charge in [-0.2, -0.15) is 0 Å². The van der Waals surface area contributed by atoms with Gasteiger partial charge in [0.1, 0.15) is 5.25 Å². The quantitative estimate of drug-likeness (QED) is 0.364. The van der Waals surface area contributed by atoms with Crippen LogP contribution in [0.25, 0.3) is 0 Å². The largest absolute Gasteiger partial charge is 0.325 e. The molecule has 0 unspecified atom stereocenters. The monoisotopic (exact) mass is 350 g/mol. The third-order valence-corrected chi connectivity index (χ3v) is 4.85. The minimum atomic E-state index is -0.486. The summed E-state index contributed by atoms with van der Waals surface area (Å²) >= 11 is 7.53. The predicted molar refractivity (Wildman–Crippen MR) is 93.1 cm³/mol. The molecule has 0 heterocycles. The zero-order chi connectivity index (χ0) is 16.8. The van der Waals surface area contributed by atoms with E-state index in [1.165, 1.54) is 36.0 Å². The van der Waals surface area contributed by atoms with Crippen LogP contribution in [-0.4, -0.2) is 21.5 Å². The molecule has 0 saturated heterocycles. The fraction of sp³-hybridized carbons (Fsp3) is 0.188. The number of nitro groups is 1. The predicted octanol–water partition coefficient (Wildman–Crippen LogP) is 4.32. The van der Waals surface area contributed by atoms with Gasteiger partial charge in [-0.25, -0.2) is 0 Å². The van der Waals surface area contributed by atoms with Crippen molar-refractivity contribution in [1.29, 1.82) is 0 Å². The molecule has 5 nitrogen and oxygen atoms in total. The van der Waals surface area contributed by atoms with Gasteiger partial charge >= 0.3 is 0 Å². The lowest BCUT2D eigenvalue weighted by molar-refractivity contribution is -0.384. The molecule has 7 heteroatoms. The van der Waals surface area contributed by atoms with E-state index in [1.807, 2.05) is 30.3 Å². The highest BCUT2D eigenvalue weighted by Crippen LogP contribution is 2.28. The van der Waals surface area contributed by atoms with Crippen LogP contribution in [0.15, 0.2) is 59.5 Å². The Morgan fingerprint density at radius 2 is 1.78 bits per heavy atom. The normalized spacial score (nSPS) is 13.1. The van der Waals surface area contributed by atoms with E-state index < -0.39 is 10.2 Å². The molecule has 23 heavy (non-hydrogen) atoms. The SMILES string of the molecule is C[C@H](Cl)[C@@H](Sc1ccccc1)C(=O)Nc1ccc([N+](=O)[O-])cc1. The van der Waals surface area contributed by atoms with Crippen LogP contribution in [0.5, 0.6) is 0 Å². The average molecular weight is 351 g/mol. The van der Waals surface area contributed by atoms with Crippen LogP contribution in [0.2, 0.25) is 0 Å². The molecular weight excluding hydrogens is 336 g/mol. The summed E-state index contributed by atoms with van der Waals surface area (Å²) in [6.45, 7) is 1.76. The molecule has 0 aromatic heterocycles. The third-order valence-electron chi connectivity index (χ3n) is 3.03. The zero-order valence-electron chi connectivity index (χ0n) is 12.3. The molecule has 0 saturated carbocycles. The van der Waals surface area contributed by atoms with Crippen LogP contribution >= 0.6 is 23.4 Å². The highest BCUT2D eigenvalue weighted by Gasteiger charge is 2.25. The number of carbonyl (C=O) groups excluding carboxylic acids is 1. The maximum absolute atomic E-state index is 12.4. The van der Waals surface area contributed by atoms with E-state index in [-0.39, 0.29) is 17.0 Å². The summed E-state index contributed by atoms with van der Waals surface area (Å²) in [4.78, 5) is 23.5. The number of nitrogens with zero attached hydrogens (tertiary/aromatic N) is 1. The summed E-state index contributed by atoms with van der Waals surface area (Å²) in [5.41, 5.74) is 0.473. The van der Waals surface area contributed by atoms with Crippen LogP contribution in [0.1, 0.15) is 6.92 Å².